The minimum absolute atomic E-state index is 0.0103. The van der Waals surface area contributed by atoms with Crippen LogP contribution >= 0.6 is 23.2 Å². The predicted octanol–water partition coefficient (Wildman–Crippen LogP) is 1.51. The van der Waals surface area contributed by atoms with Crippen LogP contribution in [0.15, 0.2) is 18.2 Å². The van der Waals surface area contributed by atoms with Crippen LogP contribution in [0.5, 0.6) is 5.75 Å². The zero-order valence-corrected chi connectivity index (χ0v) is 13.9. The molecule has 0 spiro atoms. The molecule has 1 N–H and O–H groups in total. The lowest BCUT2D eigenvalue weighted by molar-refractivity contribution is -0.902. The lowest BCUT2D eigenvalue weighted by atomic mass is 10.2. The molecular weight excluding hydrogens is 311 g/mol. The van der Waals surface area contributed by atoms with E-state index in [1.165, 1.54) is 4.90 Å². The first kappa shape index (κ1) is 16.4. The van der Waals surface area contributed by atoms with Gasteiger partial charge in [-0.15, -0.1) is 0 Å². The van der Waals surface area contributed by atoms with Crippen molar-refractivity contribution in [3.63, 3.8) is 0 Å². The van der Waals surface area contributed by atoms with Crippen LogP contribution in [0.2, 0.25) is 10.0 Å². The van der Waals surface area contributed by atoms with Gasteiger partial charge in [-0.05, 0) is 32.0 Å². The first-order valence-corrected chi connectivity index (χ1v) is 8.01. The zero-order valence-electron chi connectivity index (χ0n) is 12.4. The topological polar surface area (TPSA) is 34.0 Å². The molecule has 0 aromatic heterocycles. The van der Waals surface area contributed by atoms with Crippen LogP contribution in [-0.2, 0) is 4.79 Å². The Morgan fingerprint density at radius 3 is 2.62 bits per heavy atom. The molecule has 1 amide bonds. The van der Waals surface area contributed by atoms with E-state index in [2.05, 4.69) is 6.92 Å². The predicted molar refractivity (Wildman–Crippen MR) is 84.4 cm³/mol. The minimum Gasteiger partial charge on any atom is -0.479 e. The lowest BCUT2D eigenvalue weighted by Crippen LogP contribution is -3.14. The maximum atomic E-state index is 12.4. The number of rotatable bonds is 4. The molecular formula is C15H21Cl2N2O2+. The summed E-state index contributed by atoms with van der Waals surface area (Å²) in [5.74, 6) is 0.496. The summed E-state index contributed by atoms with van der Waals surface area (Å²) in [6.07, 6.45) is -0.549. The minimum atomic E-state index is -0.549. The highest BCUT2D eigenvalue weighted by molar-refractivity contribution is 6.35. The first-order valence-electron chi connectivity index (χ1n) is 7.25. The molecule has 1 aromatic rings. The summed E-state index contributed by atoms with van der Waals surface area (Å²) in [4.78, 5) is 15.8. The van der Waals surface area contributed by atoms with Crippen LogP contribution in [0.3, 0.4) is 0 Å². The molecule has 1 saturated heterocycles. The van der Waals surface area contributed by atoms with E-state index in [0.717, 1.165) is 32.7 Å². The number of hydrogen-bond acceptors (Lipinski definition) is 2. The average Bonchev–Trinajstić information content (AvgIpc) is 2.49. The highest BCUT2D eigenvalue weighted by atomic mass is 35.5. The van der Waals surface area contributed by atoms with Crippen molar-refractivity contribution < 1.29 is 14.4 Å². The van der Waals surface area contributed by atoms with Crippen molar-refractivity contribution in [2.24, 2.45) is 0 Å². The Morgan fingerprint density at radius 2 is 2.05 bits per heavy atom. The fourth-order valence-corrected chi connectivity index (χ4v) is 2.92. The number of piperazine rings is 1. The Labute approximate surface area is 135 Å². The standard InChI is InChI=1S/C15H20Cl2N2O2/c1-3-18-6-8-19(9-7-18)15(20)11(2)21-14-5-4-12(16)10-13(14)17/h4-5,10-11H,3,6-9H2,1-2H3/p+1/t11-/m0/s1. The number of carbonyl (C=O) groups is 1. The lowest BCUT2D eigenvalue weighted by Gasteiger charge is -2.33. The number of amides is 1. The molecule has 0 bridgehead atoms. The van der Waals surface area contributed by atoms with E-state index in [9.17, 15) is 4.79 Å². The summed E-state index contributed by atoms with van der Waals surface area (Å²) in [5.41, 5.74) is 0. The van der Waals surface area contributed by atoms with E-state index in [0.29, 0.717) is 15.8 Å². The number of carbonyl (C=O) groups excluding carboxylic acids is 1. The van der Waals surface area contributed by atoms with E-state index in [1.54, 1.807) is 25.1 Å². The third-order valence-electron chi connectivity index (χ3n) is 3.83. The van der Waals surface area contributed by atoms with Crippen molar-refractivity contribution in [1.29, 1.82) is 0 Å². The Hall–Kier alpha value is -0.970. The molecule has 1 aromatic carbocycles. The van der Waals surface area contributed by atoms with Crippen molar-refractivity contribution in [3.8, 4) is 5.75 Å². The molecule has 0 aliphatic carbocycles. The Bertz CT molecular complexity index is 502. The van der Waals surface area contributed by atoms with Crippen LogP contribution in [0.1, 0.15) is 13.8 Å². The number of benzene rings is 1. The summed E-state index contributed by atoms with van der Waals surface area (Å²) in [7, 11) is 0. The van der Waals surface area contributed by atoms with Gasteiger partial charge in [0.2, 0.25) is 0 Å². The van der Waals surface area contributed by atoms with Crippen LogP contribution in [0.4, 0.5) is 0 Å². The van der Waals surface area contributed by atoms with Gasteiger partial charge in [0.05, 0.1) is 37.7 Å². The first-order chi connectivity index (χ1) is 10.0. The summed E-state index contributed by atoms with van der Waals surface area (Å²) in [6, 6.07) is 5.00. The number of nitrogens with one attached hydrogen (secondary N) is 1. The molecule has 0 radical (unpaired) electrons. The molecule has 21 heavy (non-hydrogen) atoms. The SMILES string of the molecule is CC[NH+]1CCN(C(=O)[C@H](C)Oc2ccc(Cl)cc2Cl)CC1. The van der Waals surface area contributed by atoms with Gasteiger partial charge in [0.15, 0.2) is 6.10 Å². The summed E-state index contributed by atoms with van der Waals surface area (Å²) in [6.45, 7) is 8.59. The Balaban J connectivity index is 1.93. The maximum Gasteiger partial charge on any atom is 0.263 e. The van der Waals surface area contributed by atoms with Gasteiger partial charge in [-0.3, -0.25) is 4.79 Å². The molecule has 1 heterocycles. The number of likely N-dealkylation sites (N-methyl/N-ethyl adjacent to an activating group) is 1. The second-order valence-corrected chi connectivity index (χ2v) is 6.11. The van der Waals surface area contributed by atoms with Gasteiger partial charge >= 0.3 is 0 Å². The molecule has 0 unspecified atom stereocenters. The summed E-state index contributed by atoms with van der Waals surface area (Å²) in [5, 5.41) is 0.965. The van der Waals surface area contributed by atoms with Crippen molar-refractivity contribution >= 4 is 29.1 Å². The molecule has 4 nitrogen and oxygen atoms in total. The average molecular weight is 332 g/mol. The Kier molecular flexibility index (Phi) is 5.73. The number of hydrogen-bond donors (Lipinski definition) is 1. The van der Waals surface area contributed by atoms with Crippen molar-refractivity contribution in [2.75, 3.05) is 32.7 Å². The smallest absolute Gasteiger partial charge is 0.263 e. The third-order valence-corrected chi connectivity index (χ3v) is 4.36. The molecule has 2 rings (SSSR count). The van der Waals surface area contributed by atoms with Crippen LogP contribution in [0.25, 0.3) is 0 Å². The van der Waals surface area contributed by atoms with Gasteiger partial charge in [-0.2, -0.15) is 0 Å². The maximum absolute atomic E-state index is 12.4. The summed E-state index contributed by atoms with van der Waals surface area (Å²) < 4.78 is 5.68. The van der Waals surface area contributed by atoms with Crippen LogP contribution in [-0.4, -0.2) is 49.6 Å². The second-order valence-electron chi connectivity index (χ2n) is 5.26. The third kappa shape index (κ3) is 4.25. The van der Waals surface area contributed by atoms with Crippen molar-refractivity contribution in [2.45, 2.75) is 20.0 Å². The summed E-state index contributed by atoms with van der Waals surface area (Å²) >= 11 is 11.9. The second kappa shape index (κ2) is 7.34. The van der Waals surface area contributed by atoms with E-state index in [1.807, 2.05) is 4.90 Å². The fraction of sp³-hybridized carbons (Fsp3) is 0.533. The number of halogens is 2. The molecule has 6 heteroatoms. The molecule has 116 valence electrons. The molecule has 1 aliphatic rings. The van der Waals surface area contributed by atoms with Crippen molar-refractivity contribution in [1.82, 2.24) is 4.90 Å². The largest absolute Gasteiger partial charge is 0.479 e. The van der Waals surface area contributed by atoms with Gasteiger partial charge in [-0.1, -0.05) is 23.2 Å². The van der Waals surface area contributed by atoms with Crippen LogP contribution in [0, 0.1) is 0 Å². The van der Waals surface area contributed by atoms with E-state index < -0.39 is 6.10 Å². The van der Waals surface area contributed by atoms with E-state index in [4.69, 9.17) is 27.9 Å². The fourth-order valence-electron chi connectivity index (χ4n) is 2.47. The van der Waals surface area contributed by atoms with Gasteiger partial charge in [0, 0.05) is 5.02 Å². The van der Waals surface area contributed by atoms with Gasteiger partial charge in [-0.25, -0.2) is 0 Å². The zero-order chi connectivity index (χ0) is 15.4. The number of nitrogens with zero attached hydrogens (tertiary/aromatic N) is 1. The van der Waals surface area contributed by atoms with Gasteiger partial charge in [0.1, 0.15) is 5.75 Å². The number of ether oxygens (including phenoxy) is 1. The highest BCUT2D eigenvalue weighted by Crippen LogP contribution is 2.28. The molecule has 1 atom stereocenters. The molecule has 0 saturated carbocycles. The normalized spacial score (nSPS) is 17.6. The molecule has 1 fully saturated rings. The number of quaternary nitrogens is 1. The van der Waals surface area contributed by atoms with Crippen LogP contribution < -0.4 is 9.64 Å². The van der Waals surface area contributed by atoms with Crippen molar-refractivity contribution in [3.05, 3.63) is 28.2 Å². The van der Waals surface area contributed by atoms with Gasteiger partial charge < -0.3 is 14.5 Å². The van der Waals surface area contributed by atoms with E-state index in [-0.39, 0.29) is 5.91 Å². The Morgan fingerprint density at radius 1 is 1.38 bits per heavy atom. The monoisotopic (exact) mass is 331 g/mol. The van der Waals surface area contributed by atoms with E-state index >= 15 is 0 Å². The highest BCUT2D eigenvalue weighted by Gasteiger charge is 2.27. The van der Waals surface area contributed by atoms with Gasteiger partial charge in [0.25, 0.3) is 5.91 Å². The quantitative estimate of drug-likeness (QED) is 0.907. The molecule has 1 aliphatic heterocycles.